The van der Waals surface area contributed by atoms with Crippen LogP contribution in [0, 0.1) is 0 Å². The van der Waals surface area contributed by atoms with Crippen LogP contribution in [0.2, 0.25) is 0 Å². The minimum absolute atomic E-state index is 0.0762. The first-order valence-electron chi connectivity index (χ1n) is 8.65. The first-order chi connectivity index (χ1) is 12.9. The Balaban J connectivity index is 1.79. The number of hydrogen-bond acceptors (Lipinski definition) is 4. The lowest BCUT2D eigenvalue weighted by molar-refractivity contribution is 0.101. The maximum atomic E-state index is 12.6. The Labute approximate surface area is 156 Å². The molecule has 0 fully saturated rings. The number of aromatic hydroxyl groups is 2. The van der Waals surface area contributed by atoms with E-state index in [1.807, 2.05) is 30.5 Å². The minimum Gasteiger partial charge on any atom is -0.508 e. The Morgan fingerprint density at radius 2 is 1.96 bits per heavy atom. The highest BCUT2D eigenvalue weighted by molar-refractivity contribution is 6.16. The van der Waals surface area contributed by atoms with Crippen LogP contribution in [-0.2, 0) is 6.54 Å². The van der Waals surface area contributed by atoms with Gasteiger partial charge in [-0.3, -0.25) is 4.79 Å². The van der Waals surface area contributed by atoms with Crippen molar-refractivity contribution in [2.75, 3.05) is 0 Å². The zero-order chi connectivity index (χ0) is 19.1. The van der Waals surface area contributed by atoms with Crippen LogP contribution in [0.5, 0.6) is 17.2 Å². The average Bonchev–Trinajstić information content (AvgIpc) is 3.12. The number of nitrogens with zero attached hydrogens (tertiary/aromatic N) is 1. The molecular formula is C22H19NO4. The molecule has 5 nitrogen and oxygen atoms in total. The molecule has 2 heterocycles. The van der Waals surface area contributed by atoms with Crippen LogP contribution in [0.1, 0.15) is 29.8 Å². The molecule has 0 saturated heterocycles. The SMILES string of the molecule is CC(C)=CCn1cc(/C=C2\Oc3cc(O)cc(O)c3C2=O)c2ccccc21. The number of ether oxygens (including phenoxy) is 1. The predicted octanol–water partition coefficient (Wildman–Crippen LogP) is 4.63. The number of carbonyl (C=O) groups is 1. The van der Waals surface area contributed by atoms with E-state index in [9.17, 15) is 15.0 Å². The predicted molar refractivity (Wildman–Crippen MR) is 104 cm³/mol. The van der Waals surface area contributed by atoms with Crippen molar-refractivity contribution in [2.24, 2.45) is 0 Å². The van der Waals surface area contributed by atoms with Gasteiger partial charge in [-0.25, -0.2) is 0 Å². The van der Waals surface area contributed by atoms with Gasteiger partial charge in [-0.15, -0.1) is 0 Å². The highest BCUT2D eigenvalue weighted by Crippen LogP contribution is 2.41. The molecule has 5 heteroatoms. The molecule has 0 amide bonds. The summed E-state index contributed by atoms with van der Waals surface area (Å²) in [5.41, 5.74) is 3.22. The van der Waals surface area contributed by atoms with Gasteiger partial charge in [-0.05, 0) is 26.0 Å². The molecule has 0 unspecified atom stereocenters. The van der Waals surface area contributed by atoms with Crippen LogP contribution >= 0.6 is 0 Å². The molecule has 136 valence electrons. The van der Waals surface area contributed by atoms with Gasteiger partial charge in [0.2, 0.25) is 5.78 Å². The van der Waals surface area contributed by atoms with Gasteiger partial charge in [-0.1, -0.05) is 29.8 Å². The van der Waals surface area contributed by atoms with Crippen LogP contribution in [0.15, 0.2) is 60.0 Å². The summed E-state index contributed by atoms with van der Waals surface area (Å²) in [6.45, 7) is 4.84. The molecule has 3 aromatic rings. The highest BCUT2D eigenvalue weighted by Gasteiger charge is 2.31. The molecule has 0 saturated carbocycles. The molecule has 0 spiro atoms. The number of Topliss-reactive ketones (excluding diaryl/α,β-unsaturated/α-hetero) is 1. The van der Waals surface area contributed by atoms with Crippen LogP contribution in [0.4, 0.5) is 0 Å². The van der Waals surface area contributed by atoms with Gasteiger partial charge < -0.3 is 19.5 Å². The first kappa shape index (κ1) is 17.0. The van der Waals surface area contributed by atoms with Gasteiger partial charge in [0, 0.05) is 41.3 Å². The third-order valence-electron chi connectivity index (χ3n) is 4.54. The van der Waals surface area contributed by atoms with Crippen molar-refractivity contribution < 1.29 is 19.7 Å². The van der Waals surface area contributed by atoms with Gasteiger partial charge in [0.05, 0.1) is 0 Å². The Morgan fingerprint density at radius 3 is 2.74 bits per heavy atom. The summed E-state index contributed by atoms with van der Waals surface area (Å²) in [6, 6.07) is 10.4. The van der Waals surface area contributed by atoms with E-state index in [1.54, 1.807) is 6.08 Å². The summed E-state index contributed by atoms with van der Waals surface area (Å²) in [4.78, 5) is 12.6. The highest BCUT2D eigenvalue weighted by atomic mass is 16.5. The van der Waals surface area contributed by atoms with Gasteiger partial charge in [-0.2, -0.15) is 0 Å². The normalized spacial score (nSPS) is 14.4. The second kappa shape index (κ2) is 6.36. The van der Waals surface area contributed by atoms with E-state index in [0.29, 0.717) is 0 Å². The van der Waals surface area contributed by atoms with Crippen LogP contribution in [-0.4, -0.2) is 20.6 Å². The number of carbonyl (C=O) groups excluding carboxylic acids is 1. The molecule has 2 N–H and O–H groups in total. The van der Waals surface area contributed by atoms with Crippen molar-refractivity contribution in [2.45, 2.75) is 20.4 Å². The van der Waals surface area contributed by atoms with Gasteiger partial charge in [0.1, 0.15) is 22.8 Å². The molecule has 27 heavy (non-hydrogen) atoms. The topological polar surface area (TPSA) is 71.7 Å². The number of benzene rings is 2. The lowest BCUT2D eigenvalue weighted by Gasteiger charge is -2.01. The monoisotopic (exact) mass is 361 g/mol. The maximum Gasteiger partial charge on any atom is 0.235 e. The molecule has 0 atom stereocenters. The minimum atomic E-state index is -0.399. The summed E-state index contributed by atoms with van der Waals surface area (Å²) in [6.07, 6.45) is 5.80. The second-order valence-electron chi connectivity index (χ2n) is 6.81. The van der Waals surface area contributed by atoms with E-state index in [1.165, 1.54) is 11.6 Å². The van der Waals surface area contributed by atoms with E-state index < -0.39 is 5.78 Å². The fourth-order valence-corrected chi connectivity index (χ4v) is 3.24. The largest absolute Gasteiger partial charge is 0.508 e. The third kappa shape index (κ3) is 2.97. The van der Waals surface area contributed by atoms with Crippen LogP contribution in [0.3, 0.4) is 0 Å². The summed E-state index contributed by atoms with van der Waals surface area (Å²) >= 11 is 0. The summed E-state index contributed by atoms with van der Waals surface area (Å²) in [7, 11) is 0. The van der Waals surface area contributed by atoms with Crippen molar-refractivity contribution in [1.29, 1.82) is 0 Å². The number of phenols is 2. The Bertz CT molecular complexity index is 1130. The Morgan fingerprint density at radius 1 is 1.19 bits per heavy atom. The van der Waals surface area contributed by atoms with Crippen LogP contribution in [0.25, 0.3) is 17.0 Å². The number of allylic oxidation sites excluding steroid dienone is 3. The lowest BCUT2D eigenvalue weighted by Crippen LogP contribution is -1.98. The van der Waals surface area contributed by atoms with Crippen molar-refractivity contribution >= 4 is 22.8 Å². The smallest absolute Gasteiger partial charge is 0.235 e. The van der Waals surface area contributed by atoms with Crippen molar-refractivity contribution in [3.05, 3.63) is 71.1 Å². The summed E-state index contributed by atoms with van der Waals surface area (Å²) < 4.78 is 7.73. The number of para-hydroxylation sites is 1. The van der Waals surface area contributed by atoms with E-state index >= 15 is 0 Å². The number of ketones is 1. The molecule has 0 aliphatic carbocycles. The number of aromatic nitrogens is 1. The van der Waals surface area contributed by atoms with Crippen LogP contribution < -0.4 is 4.74 Å². The van der Waals surface area contributed by atoms with E-state index in [2.05, 4.69) is 24.5 Å². The zero-order valence-electron chi connectivity index (χ0n) is 15.1. The van der Waals surface area contributed by atoms with Gasteiger partial charge in [0.15, 0.2) is 5.76 Å². The first-order valence-corrected chi connectivity index (χ1v) is 8.65. The molecule has 4 rings (SSSR count). The van der Waals surface area contributed by atoms with E-state index in [0.717, 1.165) is 29.1 Å². The molecule has 0 bridgehead atoms. The molecule has 2 aromatic carbocycles. The molecule has 0 radical (unpaired) electrons. The van der Waals surface area contributed by atoms with Gasteiger partial charge in [0.25, 0.3) is 0 Å². The number of fused-ring (bicyclic) bond motifs is 2. The maximum absolute atomic E-state index is 12.6. The van der Waals surface area contributed by atoms with E-state index in [-0.39, 0.29) is 28.6 Å². The van der Waals surface area contributed by atoms with Crippen molar-refractivity contribution in [3.8, 4) is 17.2 Å². The Hall–Kier alpha value is -3.47. The third-order valence-corrected chi connectivity index (χ3v) is 4.54. The summed E-state index contributed by atoms with van der Waals surface area (Å²) in [5.74, 6) is -0.556. The quantitative estimate of drug-likeness (QED) is 0.527. The van der Waals surface area contributed by atoms with Gasteiger partial charge >= 0.3 is 0 Å². The molecule has 1 aromatic heterocycles. The number of rotatable bonds is 3. The molecular weight excluding hydrogens is 342 g/mol. The fraction of sp³-hybridized carbons (Fsp3) is 0.136. The second-order valence-corrected chi connectivity index (χ2v) is 6.81. The lowest BCUT2D eigenvalue weighted by atomic mass is 10.1. The van der Waals surface area contributed by atoms with Crippen molar-refractivity contribution in [1.82, 2.24) is 4.57 Å². The molecule has 1 aliphatic rings. The molecule has 1 aliphatic heterocycles. The average molecular weight is 361 g/mol. The van der Waals surface area contributed by atoms with Crippen molar-refractivity contribution in [3.63, 3.8) is 0 Å². The summed E-state index contributed by atoms with van der Waals surface area (Å²) in [5, 5.41) is 20.6. The Kier molecular flexibility index (Phi) is 4.00. The number of phenolic OH excluding ortho intramolecular Hbond substituents is 2. The number of hydrogen-bond donors (Lipinski definition) is 2. The zero-order valence-corrected chi connectivity index (χ0v) is 15.1. The fourth-order valence-electron chi connectivity index (χ4n) is 3.24. The standard InChI is InChI=1S/C22H19NO4/c1-13(2)7-8-23-12-14(16-5-3-4-6-17(16)23)9-20-22(26)21-18(25)10-15(24)11-19(21)27-20/h3-7,9-12,24-25H,8H2,1-2H3/b20-9-. The van der Waals surface area contributed by atoms with E-state index in [4.69, 9.17) is 4.74 Å².